The van der Waals surface area contributed by atoms with Crippen LogP contribution in [0.15, 0.2) is 48.5 Å². The van der Waals surface area contributed by atoms with Crippen molar-refractivity contribution in [2.24, 2.45) is 0 Å². The van der Waals surface area contributed by atoms with Crippen molar-refractivity contribution < 1.29 is 23.7 Å². The smallest absolute Gasteiger partial charge is 0.254 e. The van der Waals surface area contributed by atoms with Gasteiger partial charge in [0.2, 0.25) is 5.75 Å². The fourth-order valence-electron chi connectivity index (χ4n) is 3.56. The highest BCUT2D eigenvalue weighted by atomic mass is 16.5. The van der Waals surface area contributed by atoms with Crippen LogP contribution in [0.4, 0.5) is 0 Å². The Balaban J connectivity index is 1.97. The van der Waals surface area contributed by atoms with Crippen LogP contribution in [0.25, 0.3) is 10.8 Å². The first-order valence-electron chi connectivity index (χ1n) is 10.2. The topological polar surface area (TPSA) is 57.2 Å². The summed E-state index contributed by atoms with van der Waals surface area (Å²) in [7, 11) is 6.37. The van der Waals surface area contributed by atoms with Crippen LogP contribution >= 0.6 is 0 Å². The molecule has 0 heterocycles. The summed E-state index contributed by atoms with van der Waals surface area (Å²) < 4.78 is 22.1. The van der Waals surface area contributed by atoms with Gasteiger partial charge in [-0.15, -0.1) is 0 Å². The number of nitrogens with zero attached hydrogens (tertiary/aromatic N) is 1. The highest BCUT2D eigenvalue weighted by molar-refractivity contribution is 5.96. The number of hydrogen-bond acceptors (Lipinski definition) is 5. The number of amides is 1. The van der Waals surface area contributed by atoms with E-state index in [1.54, 1.807) is 24.1 Å². The van der Waals surface area contributed by atoms with Crippen LogP contribution < -0.4 is 18.9 Å². The summed E-state index contributed by atoms with van der Waals surface area (Å²) in [4.78, 5) is 14.9. The first-order valence-corrected chi connectivity index (χ1v) is 10.2. The highest BCUT2D eigenvalue weighted by Gasteiger charge is 2.21. The van der Waals surface area contributed by atoms with Gasteiger partial charge < -0.3 is 23.8 Å². The predicted molar refractivity (Wildman–Crippen MR) is 122 cm³/mol. The Morgan fingerprint density at radius 2 is 1.58 bits per heavy atom. The molecule has 0 fully saturated rings. The average molecular weight is 424 g/mol. The van der Waals surface area contributed by atoms with Gasteiger partial charge in [0.05, 0.1) is 27.9 Å². The Morgan fingerprint density at radius 1 is 0.903 bits per heavy atom. The van der Waals surface area contributed by atoms with Gasteiger partial charge in [-0.3, -0.25) is 4.79 Å². The third-order valence-electron chi connectivity index (χ3n) is 5.11. The Labute approximate surface area is 183 Å². The van der Waals surface area contributed by atoms with E-state index in [4.69, 9.17) is 18.9 Å². The molecule has 0 bridgehead atoms. The lowest BCUT2D eigenvalue weighted by molar-refractivity contribution is 0.0783. The maximum absolute atomic E-state index is 13.3. The number of carbonyl (C=O) groups is 1. The molecule has 1 amide bonds. The van der Waals surface area contributed by atoms with Crippen molar-refractivity contribution in [3.63, 3.8) is 0 Å². The van der Waals surface area contributed by atoms with Crippen molar-refractivity contribution in [3.05, 3.63) is 59.7 Å². The van der Waals surface area contributed by atoms with Crippen LogP contribution in [0.1, 0.15) is 29.3 Å². The second kappa shape index (κ2) is 10.1. The summed E-state index contributed by atoms with van der Waals surface area (Å²) in [5.74, 6) is 1.97. The van der Waals surface area contributed by atoms with Gasteiger partial charge in [-0.25, -0.2) is 0 Å². The van der Waals surface area contributed by atoms with E-state index < -0.39 is 0 Å². The van der Waals surface area contributed by atoms with Gasteiger partial charge in [0.1, 0.15) is 5.75 Å². The Morgan fingerprint density at radius 3 is 2.19 bits per heavy atom. The third kappa shape index (κ3) is 4.68. The molecule has 6 nitrogen and oxygen atoms in total. The van der Waals surface area contributed by atoms with Gasteiger partial charge in [-0.1, -0.05) is 37.3 Å². The second-order valence-corrected chi connectivity index (χ2v) is 7.19. The molecule has 0 spiro atoms. The Hall–Kier alpha value is -3.41. The van der Waals surface area contributed by atoms with Crippen molar-refractivity contribution in [3.8, 4) is 23.0 Å². The summed E-state index contributed by atoms with van der Waals surface area (Å²) in [5, 5.41) is 2.18. The number of fused-ring (bicyclic) bond motifs is 1. The molecule has 3 aromatic rings. The lowest BCUT2D eigenvalue weighted by Crippen LogP contribution is -2.26. The van der Waals surface area contributed by atoms with Crippen LogP contribution in [0.3, 0.4) is 0 Å². The fourth-order valence-corrected chi connectivity index (χ4v) is 3.56. The van der Waals surface area contributed by atoms with Crippen molar-refractivity contribution in [2.75, 3.05) is 35.0 Å². The second-order valence-electron chi connectivity index (χ2n) is 7.19. The largest absolute Gasteiger partial charge is 0.493 e. The van der Waals surface area contributed by atoms with Crippen molar-refractivity contribution in [1.82, 2.24) is 4.90 Å². The standard InChI is InChI=1S/C25H29NO5/c1-6-13-31-21-12-11-17-9-7-8-10-19(17)20(21)16-26(2)25(27)18-14-22(28-3)24(30-5)23(15-18)29-4/h7-12,14-15H,6,13,16H2,1-5H3. The molecular formula is C25H29NO5. The van der Waals surface area contributed by atoms with Crippen LogP contribution in [0.2, 0.25) is 0 Å². The average Bonchev–Trinajstić information content (AvgIpc) is 2.81. The SMILES string of the molecule is CCCOc1ccc2ccccc2c1CN(C)C(=O)c1cc(OC)c(OC)c(OC)c1. The molecule has 0 unspecified atom stereocenters. The van der Waals surface area contributed by atoms with Crippen molar-refractivity contribution >= 4 is 16.7 Å². The normalized spacial score (nSPS) is 10.6. The van der Waals surface area contributed by atoms with Gasteiger partial charge in [0, 0.05) is 24.7 Å². The van der Waals surface area contributed by atoms with Gasteiger partial charge in [-0.2, -0.15) is 0 Å². The van der Waals surface area contributed by atoms with E-state index in [2.05, 4.69) is 19.1 Å². The molecule has 3 aromatic carbocycles. The lowest BCUT2D eigenvalue weighted by atomic mass is 10.0. The summed E-state index contributed by atoms with van der Waals surface area (Å²) in [6.07, 6.45) is 0.909. The van der Waals surface area contributed by atoms with E-state index in [9.17, 15) is 4.79 Å². The number of rotatable bonds is 9. The van der Waals surface area contributed by atoms with E-state index in [1.165, 1.54) is 21.3 Å². The summed E-state index contributed by atoms with van der Waals surface area (Å²) in [5.41, 5.74) is 1.43. The maximum Gasteiger partial charge on any atom is 0.254 e. The van der Waals surface area contributed by atoms with E-state index in [1.807, 2.05) is 24.3 Å². The number of benzene rings is 3. The highest BCUT2D eigenvalue weighted by Crippen LogP contribution is 2.38. The van der Waals surface area contributed by atoms with E-state index in [-0.39, 0.29) is 5.91 Å². The maximum atomic E-state index is 13.3. The molecule has 6 heteroatoms. The van der Waals surface area contributed by atoms with Crippen LogP contribution in [-0.4, -0.2) is 45.8 Å². The number of hydrogen-bond donors (Lipinski definition) is 0. The molecule has 0 aromatic heterocycles. The van der Waals surface area contributed by atoms with Gasteiger partial charge >= 0.3 is 0 Å². The molecule has 0 saturated carbocycles. The zero-order valence-electron chi connectivity index (χ0n) is 18.7. The molecule has 0 aliphatic carbocycles. The minimum Gasteiger partial charge on any atom is -0.493 e. The number of methoxy groups -OCH3 is 3. The Kier molecular flexibility index (Phi) is 7.23. The molecule has 0 aliphatic rings. The molecule has 0 aliphatic heterocycles. The molecule has 164 valence electrons. The zero-order chi connectivity index (χ0) is 22.4. The fraction of sp³-hybridized carbons (Fsp3) is 0.320. The van der Waals surface area contributed by atoms with Crippen LogP contribution in [0.5, 0.6) is 23.0 Å². The van der Waals surface area contributed by atoms with Gasteiger partial charge in [-0.05, 0) is 35.4 Å². The first-order chi connectivity index (χ1) is 15.0. The van der Waals surface area contributed by atoms with E-state index >= 15 is 0 Å². The van der Waals surface area contributed by atoms with Crippen molar-refractivity contribution in [1.29, 1.82) is 0 Å². The molecule has 0 radical (unpaired) electrons. The first kappa shape index (κ1) is 22.3. The monoisotopic (exact) mass is 423 g/mol. The van der Waals surface area contributed by atoms with Crippen LogP contribution in [-0.2, 0) is 6.54 Å². The molecule has 0 N–H and O–H groups in total. The molecular weight excluding hydrogens is 394 g/mol. The summed E-state index contributed by atoms with van der Waals surface area (Å²) >= 11 is 0. The summed E-state index contributed by atoms with van der Waals surface area (Å²) in [6.45, 7) is 3.09. The quantitative estimate of drug-likeness (QED) is 0.489. The molecule has 31 heavy (non-hydrogen) atoms. The van der Waals surface area contributed by atoms with Gasteiger partial charge in [0.25, 0.3) is 5.91 Å². The molecule has 3 rings (SSSR count). The predicted octanol–water partition coefficient (Wildman–Crippen LogP) is 4.93. The lowest BCUT2D eigenvalue weighted by Gasteiger charge is -2.22. The van der Waals surface area contributed by atoms with E-state index in [0.29, 0.717) is 36.0 Å². The number of carbonyl (C=O) groups excluding carboxylic acids is 1. The number of ether oxygens (including phenoxy) is 4. The third-order valence-corrected chi connectivity index (χ3v) is 5.11. The summed E-state index contributed by atoms with van der Waals surface area (Å²) in [6, 6.07) is 15.5. The molecule has 0 atom stereocenters. The van der Waals surface area contributed by atoms with Crippen molar-refractivity contribution in [2.45, 2.75) is 19.9 Å². The zero-order valence-corrected chi connectivity index (χ0v) is 18.7. The van der Waals surface area contributed by atoms with Gasteiger partial charge in [0.15, 0.2) is 11.5 Å². The Bertz CT molecular complexity index is 1040. The van der Waals surface area contributed by atoms with Crippen LogP contribution in [0, 0.1) is 0 Å². The van der Waals surface area contributed by atoms with E-state index in [0.717, 1.165) is 28.5 Å². The molecule has 0 saturated heterocycles. The minimum atomic E-state index is -0.159. The minimum absolute atomic E-state index is 0.159.